The maximum absolute atomic E-state index is 12.3. The van der Waals surface area contributed by atoms with Crippen LogP contribution in [0.2, 0.25) is 0 Å². The number of nitrogens with zero attached hydrogens (tertiary/aromatic N) is 1. The summed E-state index contributed by atoms with van der Waals surface area (Å²) < 4.78 is 5.86. The molecule has 1 saturated heterocycles. The molecule has 4 heteroatoms. The second-order valence-electron chi connectivity index (χ2n) is 6.27. The van der Waals surface area contributed by atoms with Crippen LogP contribution in [0.3, 0.4) is 0 Å². The number of amides is 1. The van der Waals surface area contributed by atoms with Gasteiger partial charge in [0.25, 0.3) is 0 Å². The van der Waals surface area contributed by atoms with Crippen LogP contribution in [0.4, 0.5) is 0 Å². The predicted molar refractivity (Wildman–Crippen MR) is 85.1 cm³/mol. The zero-order chi connectivity index (χ0) is 14.4. The summed E-state index contributed by atoms with van der Waals surface area (Å²) in [5, 5.41) is 0.647. The van der Waals surface area contributed by atoms with E-state index in [0.717, 1.165) is 31.8 Å². The van der Waals surface area contributed by atoms with Crippen molar-refractivity contribution in [3.8, 4) is 0 Å². The minimum Gasteiger partial charge on any atom is -0.368 e. The SMILES string of the molecule is CCN(CC1CCCS1)C(=O)COC1CCCC(C)C1. The second-order valence-corrected chi connectivity index (χ2v) is 7.68. The molecule has 1 aliphatic carbocycles. The van der Waals surface area contributed by atoms with Crippen LogP contribution in [0.1, 0.15) is 52.4 Å². The highest BCUT2D eigenvalue weighted by Gasteiger charge is 2.24. The number of hydrogen-bond donors (Lipinski definition) is 0. The summed E-state index contributed by atoms with van der Waals surface area (Å²) in [7, 11) is 0. The molecule has 1 saturated carbocycles. The number of ether oxygens (including phenoxy) is 1. The summed E-state index contributed by atoms with van der Waals surface area (Å²) in [5.41, 5.74) is 0. The molecule has 3 unspecified atom stereocenters. The van der Waals surface area contributed by atoms with Gasteiger partial charge in [-0.25, -0.2) is 0 Å². The zero-order valence-electron chi connectivity index (χ0n) is 13.0. The van der Waals surface area contributed by atoms with Crippen molar-refractivity contribution >= 4 is 17.7 Å². The van der Waals surface area contributed by atoms with Crippen LogP contribution in [0, 0.1) is 5.92 Å². The fourth-order valence-electron chi connectivity index (χ4n) is 3.25. The average molecular weight is 299 g/mol. The molecule has 2 aliphatic rings. The van der Waals surface area contributed by atoms with Gasteiger partial charge in [0.2, 0.25) is 5.91 Å². The van der Waals surface area contributed by atoms with Gasteiger partial charge in [0.15, 0.2) is 0 Å². The molecule has 116 valence electrons. The molecule has 0 N–H and O–H groups in total. The highest BCUT2D eigenvalue weighted by molar-refractivity contribution is 8.00. The van der Waals surface area contributed by atoms with E-state index in [2.05, 4.69) is 13.8 Å². The molecule has 0 bridgehead atoms. The highest BCUT2D eigenvalue weighted by atomic mass is 32.2. The Morgan fingerprint density at radius 1 is 1.30 bits per heavy atom. The van der Waals surface area contributed by atoms with Crippen LogP contribution in [0.5, 0.6) is 0 Å². The summed E-state index contributed by atoms with van der Waals surface area (Å²) in [4.78, 5) is 14.3. The first-order valence-electron chi connectivity index (χ1n) is 8.20. The van der Waals surface area contributed by atoms with Gasteiger partial charge < -0.3 is 9.64 Å². The van der Waals surface area contributed by atoms with Gasteiger partial charge in [-0.05, 0) is 44.3 Å². The lowest BCUT2D eigenvalue weighted by Crippen LogP contribution is -2.39. The summed E-state index contributed by atoms with van der Waals surface area (Å²) in [6.45, 7) is 6.35. The molecule has 0 radical (unpaired) electrons. The maximum atomic E-state index is 12.3. The largest absolute Gasteiger partial charge is 0.368 e. The maximum Gasteiger partial charge on any atom is 0.248 e. The molecule has 0 spiro atoms. The van der Waals surface area contributed by atoms with Gasteiger partial charge in [-0.2, -0.15) is 11.8 Å². The Morgan fingerprint density at radius 2 is 2.15 bits per heavy atom. The molecule has 0 aromatic carbocycles. The van der Waals surface area contributed by atoms with E-state index in [4.69, 9.17) is 4.74 Å². The highest BCUT2D eigenvalue weighted by Crippen LogP contribution is 2.27. The number of carbonyl (C=O) groups excluding carboxylic acids is 1. The average Bonchev–Trinajstić information content (AvgIpc) is 2.95. The van der Waals surface area contributed by atoms with Crippen molar-refractivity contribution in [2.75, 3.05) is 25.4 Å². The molecule has 1 amide bonds. The van der Waals surface area contributed by atoms with Gasteiger partial charge in [-0.1, -0.05) is 19.8 Å². The molecule has 3 nitrogen and oxygen atoms in total. The van der Waals surface area contributed by atoms with Crippen molar-refractivity contribution in [3.05, 3.63) is 0 Å². The van der Waals surface area contributed by atoms with Crippen molar-refractivity contribution < 1.29 is 9.53 Å². The number of carbonyl (C=O) groups is 1. The first kappa shape index (κ1) is 16.2. The minimum atomic E-state index is 0.179. The van der Waals surface area contributed by atoms with Crippen molar-refractivity contribution in [1.29, 1.82) is 0 Å². The molecule has 0 aromatic rings. The first-order valence-corrected chi connectivity index (χ1v) is 9.25. The third kappa shape index (κ3) is 4.96. The van der Waals surface area contributed by atoms with Crippen molar-refractivity contribution in [2.24, 2.45) is 5.92 Å². The van der Waals surface area contributed by atoms with E-state index in [1.54, 1.807) is 0 Å². The lowest BCUT2D eigenvalue weighted by Gasteiger charge is -2.28. The van der Waals surface area contributed by atoms with Gasteiger partial charge in [-0.15, -0.1) is 0 Å². The standard InChI is InChI=1S/C16H29NO2S/c1-3-17(11-15-8-5-9-20-15)16(18)12-19-14-7-4-6-13(2)10-14/h13-15H,3-12H2,1-2H3. The second kappa shape index (κ2) is 8.28. The summed E-state index contributed by atoms with van der Waals surface area (Å²) in [5.74, 6) is 2.19. The summed E-state index contributed by atoms with van der Waals surface area (Å²) in [6, 6.07) is 0. The van der Waals surface area contributed by atoms with E-state index in [1.165, 1.54) is 31.4 Å². The lowest BCUT2D eigenvalue weighted by atomic mass is 9.89. The van der Waals surface area contributed by atoms with Crippen LogP contribution in [0.15, 0.2) is 0 Å². The molecule has 0 aromatic heterocycles. The Labute approximate surface area is 127 Å². The van der Waals surface area contributed by atoms with E-state index < -0.39 is 0 Å². The van der Waals surface area contributed by atoms with Gasteiger partial charge in [-0.3, -0.25) is 4.79 Å². The monoisotopic (exact) mass is 299 g/mol. The van der Waals surface area contributed by atoms with Gasteiger partial charge >= 0.3 is 0 Å². The third-order valence-electron chi connectivity index (χ3n) is 4.51. The van der Waals surface area contributed by atoms with E-state index in [9.17, 15) is 4.79 Å². The van der Waals surface area contributed by atoms with Crippen molar-refractivity contribution in [2.45, 2.75) is 63.7 Å². The van der Waals surface area contributed by atoms with Gasteiger partial charge in [0.05, 0.1) is 6.10 Å². The molecule has 1 heterocycles. The molecule has 1 aliphatic heterocycles. The normalized spacial score (nSPS) is 30.4. The molecule has 2 rings (SSSR count). The molecular weight excluding hydrogens is 270 g/mol. The predicted octanol–water partition coefficient (Wildman–Crippen LogP) is 3.33. The van der Waals surface area contributed by atoms with Crippen LogP contribution in [-0.2, 0) is 9.53 Å². The third-order valence-corrected chi connectivity index (χ3v) is 5.89. The van der Waals surface area contributed by atoms with Gasteiger partial charge in [0.1, 0.15) is 6.61 Å². The van der Waals surface area contributed by atoms with Crippen LogP contribution in [0.25, 0.3) is 0 Å². The molecular formula is C16H29NO2S. The van der Waals surface area contributed by atoms with Crippen molar-refractivity contribution in [3.63, 3.8) is 0 Å². The molecule has 2 fully saturated rings. The van der Waals surface area contributed by atoms with E-state index in [0.29, 0.717) is 11.4 Å². The summed E-state index contributed by atoms with van der Waals surface area (Å²) in [6.07, 6.45) is 7.68. The Hall–Kier alpha value is -0.220. The van der Waals surface area contributed by atoms with E-state index in [1.807, 2.05) is 16.7 Å². The Bertz CT molecular complexity index is 305. The number of rotatable bonds is 6. The summed E-state index contributed by atoms with van der Waals surface area (Å²) >= 11 is 2.02. The molecule has 3 atom stereocenters. The Morgan fingerprint density at radius 3 is 2.80 bits per heavy atom. The van der Waals surface area contributed by atoms with Crippen LogP contribution >= 0.6 is 11.8 Å². The molecule has 20 heavy (non-hydrogen) atoms. The first-order chi connectivity index (χ1) is 9.69. The Kier molecular flexibility index (Phi) is 6.69. The fourth-order valence-corrected chi connectivity index (χ4v) is 4.54. The topological polar surface area (TPSA) is 29.5 Å². The number of thioether (sulfide) groups is 1. The van der Waals surface area contributed by atoms with Gasteiger partial charge in [0, 0.05) is 18.3 Å². The smallest absolute Gasteiger partial charge is 0.248 e. The lowest BCUT2D eigenvalue weighted by molar-refractivity contribution is -0.139. The quantitative estimate of drug-likeness (QED) is 0.753. The van der Waals surface area contributed by atoms with E-state index >= 15 is 0 Å². The fraction of sp³-hybridized carbons (Fsp3) is 0.938. The Balaban J connectivity index is 1.71. The number of likely N-dealkylation sites (N-methyl/N-ethyl adjacent to an activating group) is 1. The van der Waals surface area contributed by atoms with Crippen LogP contribution < -0.4 is 0 Å². The zero-order valence-corrected chi connectivity index (χ0v) is 13.8. The van der Waals surface area contributed by atoms with Crippen molar-refractivity contribution in [1.82, 2.24) is 4.90 Å². The van der Waals surface area contributed by atoms with Crippen LogP contribution in [-0.4, -0.2) is 47.6 Å². The number of hydrogen-bond acceptors (Lipinski definition) is 3. The minimum absolute atomic E-state index is 0.179. The van der Waals surface area contributed by atoms with E-state index in [-0.39, 0.29) is 12.5 Å².